The number of nitrogens with two attached hydrogens (primary N) is 1. The van der Waals surface area contributed by atoms with Crippen molar-refractivity contribution in [3.05, 3.63) is 16.3 Å². The van der Waals surface area contributed by atoms with Crippen LogP contribution in [0.1, 0.15) is 29.9 Å². The van der Waals surface area contributed by atoms with Gasteiger partial charge < -0.3 is 15.8 Å². The van der Waals surface area contributed by atoms with Crippen LogP contribution in [0.15, 0.2) is 11.4 Å². The topological polar surface area (TPSA) is 81.4 Å². The van der Waals surface area contributed by atoms with Gasteiger partial charge in [-0.2, -0.15) is 0 Å². The molecule has 100 valence electrons. The minimum absolute atomic E-state index is 0.00769. The SMILES string of the molecule is CC[C@H](C)[C@@H](NC(=O)c1cc(OC)cs1)C(N)=O. The van der Waals surface area contributed by atoms with Crippen LogP contribution in [-0.4, -0.2) is 25.0 Å². The van der Waals surface area contributed by atoms with Gasteiger partial charge in [-0.3, -0.25) is 9.59 Å². The zero-order chi connectivity index (χ0) is 13.7. The van der Waals surface area contributed by atoms with Gasteiger partial charge in [0.15, 0.2) is 0 Å². The molecule has 0 aliphatic rings. The lowest BCUT2D eigenvalue weighted by Crippen LogP contribution is -2.48. The summed E-state index contributed by atoms with van der Waals surface area (Å²) < 4.78 is 5.00. The molecule has 0 spiro atoms. The Balaban J connectivity index is 2.75. The van der Waals surface area contributed by atoms with Crippen LogP contribution in [0.25, 0.3) is 0 Å². The van der Waals surface area contributed by atoms with Crippen molar-refractivity contribution in [3.8, 4) is 5.75 Å². The summed E-state index contributed by atoms with van der Waals surface area (Å²) in [6, 6.07) is 0.991. The van der Waals surface area contributed by atoms with Gasteiger partial charge in [-0.05, 0) is 5.92 Å². The highest BCUT2D eigenvalue weighted by Crippen LogP contribution is 2.21. The molecule has 1 rings (SSSR count). The van der Waals surface area contributed by atoms with Crippen LogP contribution < -0.4 is 15.8 Å². The highest BCUT2D eigenvalue weighted by Gasteiger charge is 2.24. The number of amides is 2. The quantitative estimate of drug-likeness (QED) is 0.819. The summed E-state index contributed by atoms with van der Waals surface area (Å²) in [5.41, 5.74) is 5.30. The lowest BCUT2D eigenvalue weighted by Gasteiger charge is -2.20. The molecule has 5 nitrogen and oxygen atoms in total. The van der Waals surface area contributed by atoms with Crippen molar-refractivity contribution in [2.45, 2.75) is 26.3 Å². The van der Waals surface area contributed by atoms with Gasteiger partial charge >= 0.3 is 0 Å². The molecule has 0 unspecified atom stereocenters. The molecule has 3 N–H and O–H groups in total. The third-order valence-corrected chi connectivity index (χ3v) is 3.75. The van der Waals surface area contributed by atoms with Crippen LogP contribution in [0.5, 0.6) is 5.75 Å². The fourth-order valence-corrected chi connectivity index (χ4v) is 2.24. The number of hydrogen-bond donors (Lipinski definition) is 2. The molecule has 0 radical (unpaired) electrons. The van der Waals surface area contributed by atoms with Gasteiger partial charge in [-0.25, -0.2) is 0 Å². The minimum atomic E-state index is -0.643. The number of hydrogen-bond acceptors (Lipinski definition) is 4. The summed E-state index contributed by atoms with van der Waals surface area (Å²) >= 11 is 1.27. The van der Waals surface area contributed by atoms with E-state index in [1.165, 1.54) is 18.4 Å². The van der Waals surface area contributed by atoms with Crippen LogP contribution in [0.2, 0.25) is 0 Å². The Morgan fingerprint density at radius 2 is 2.22 bits per heavy atom. The van der Waals surface area contributed by atoms with Crippen molar-refractivity contribution >= 4 is 23.2 Å². The number of nitrogens with one attached hydrogen (secondary N) is 1. The summed E-state index contributed by atoms with van der Waals surface area (Å²) in [6.45, 7) is 3.83. The predicted octanol–water partition coefficient (Wildman–Crippen LogP) is 1.39. The Morgan fingerprint density at radius 3 is 2.67 bits per heavy atom. The van der Waals surface area contributed by atoms with E-state index in [4.69, 9.17) is 10.5 Å². The van der Waals surface area contributed by atoms with Crippen molar-refractivity contribution in [2.24, 2.45) is 11.7 Å². The highest BCUT2D eigenvalue weighted by atomic mass is 32.1. The second kappa shape index (κ2) is 6.39. The van der Waals surface area contributed by atoms with Crippen LogP contribution in [0, 0.1) is 5.92 Å². The Morgan fingerprint density at radius 1 is 1.56 bits per heavy atom. The largest absolute Gasteiger partial charge is 0.496 e. The Labute approximate surface area is 110 Å². The van der Waals surface area contributed by atoms with Gasteiger partial charge in [-0.1, -0.05) is 20.3 Å². The van der Waals surface area contributed by atoms with Gasteiger partial charge in [-0.15, -0.1) is 11.3 Å². The number of thiophene rings is 1. The molecule has 2 amide bonds. The average Bonchev–Trinajstić information content (AvgIpc) is 2.83. The fourth-order valence-electron chi connectivity index (χ4n) is 1.49. The number of carbonyl (C=O) groups is 2. The maximum absolute atomic E-state index is 11.9. The minimum Gasteiger partial charge on any atom is -0.496 e. The molecular weight excluding hydrogens is 252 g/mol. The third kappa shape index (κ3) is 3.46. The normalized spacial score (nSPS) is 13.7. The van der Waals surface area contributed by atoms with E-state index in [-0.39, 0.29) is 11.8 Å². The van der Waals surface area contributed by atoms with E-state index in [0.29, 0.717) is 10.6 Å². The van der Waals surface area contributed by atoms with Crippen molar-refractivity contribution in [3.63, 3.8) is 0 Å². The van der Waals surface area contributed by atoms with E-state index in [9.17, 15) is 9.59 Å². The molecule has 0 saturated carbocycles. The zero-order valence-corrected chi connectivity index (χ0v) is 11.5. The monoisotopic (exact) mass is 270 g/mol. The first-order chi connectivity index (χ1) is 8.49. The average molecular weight is 270 g/mol. The molecule has 0 fully saturated rings. The molecular formula is C12H18N2O3S. The first-order valence-corrected chi connectivity index (χ1v) is 6.60. The van der Waals surface area contributed by atoms with E-state index in [2.05, 4.69) is 5.32 Å². The first-order valence-electron chi connectivity index (χ1n) is 5.72. The summed E-state index contributed by atoms with van der Waals surface area (Å²) in [5.74, 6) is -0.175. The van der Waals surface area contributed by atoms with Crippen molar-refractivity contribution in [1.82, 2.24) is 5.32 Å². The molecule has 1 aromatic heterocycles. The van der Waals surface area contributed by atoms with Crippen LogP contribution >= 0.6 is 11.3 Å². The van der Waals surface area contributed by atoms with E-state index in [1.54, 1.807) is 11.4 Å². The molecule has 1 heterocycles. The van der Waals surface area contributed by atoms with Gasteiger partial charge in [0.05, 0.1) is 12.0 Å². The number of methoxy groups -OCH3 is 1. The Hall–Kier alpha value is -1.56. The summed E-state index contributed by atoms with van der Waals surface area (Å²) in [6.07, 6.45) is 0.766. The molecule has 18 heavy (non-hydrogen) atoms. The zero-order valence-electron chi connectivity index (χ0n) is 10.7. The van der Waals surface area contributed by atoms with Gasteiger partial charge in [0.1, 0.15) is 11.8 Å². The number of rotatable bonds is 6. The Bertz CT molecular complexity index is 431. The highest BCUT2D eigenvalue weighted by molar-refractivity contribution is 7.12. The maximum atomic E-state index is 11.9. The summed E-state index contributed by atoms with van der Waals surface area (Å²) in [5, 5.41) is 4.40. The van der Waals surface area contributed by atoms with E-state index in [1.807, 2.05) is 13.8 Å². The van der Waals surface area contributed by atoms with Crippen molar-refractivity contribution < 1.29 is 14.3 Å². The van der Waals surface area contributed by atoms with Crippen LogP contribution in [-0.2, 0) is 4.79 Å². The molecule has 0 bridgehead atoms. The number of ether oxygens (including phenoxy) is 1. The molecule has 0 aliphatic carbocycles. The van der Waals surface area contributed by atoms with Crippen LogP contribution in [0.3, 0.4) is 0 Å². The number of primary amides is 1. The second-order valence-electron chi connectivity index (χ2n) is 4.09. The summed E-state index contributed by atoms with van der Waals surface area (Å²) in [7, 11) is 1.54. The first kappa shape index (κ1) is 14.5. The third-order valence-electron chi connectivity index (χ3n) is 2.84. The standard InChI is InChI=1S/C12H18N2O3S/c1-4-7(2)10(11(13)15)14-12(16)9-5-8(17-3)6-18-9/h5-7,10H,4H2,1-3H3,(H2,13,15)(H,14,16)/t7-,10+/m0/s1. The van der Waals surface area contributed by atoms with Gasteiger partial charge in [0, 0.05) is 11.4 Å². The lowest BCUT2D eigenvalue weighted by molar-refractivity contribution is -0.120. The van der Waals surface area contributed by atoms with Crippen LogP contribution in [0.4, 0.5) is 0 Å². The molecule has 2 atom stereocenters. The Kier molecular flexibility index (Phi) is 5.15. The molecule has 6 heteroatoms. The van der Waals surface area contributed by atoms with E-state index in [0.717, 1.165) is 6.42 Å². The lowest BCUT2D eigenvalue weighted by atomic mass is 9.98. The summed E-state index contributed by atoms with van der Waals surface area (Å²) in [4.78, 5) is 23.8. The van der Waals surface area contributed by atoms with E-state index >= 15 is 0 Å². The second-order valence-corrected chi connectivity index (χ2v) is 5.00. The molecule has 0 aliphatic heterocycles. The van der Waals surface area contributed by atoms with Crippen molar-refractivity contribution in [1.29, 1.82) is 0 Å². The van der Waals surface area contributed by atoms with Crippen molar-refractivity contribution in [2.75, 3.05) is 7.11 Å². The van der Waals surface area contributed by atoms with E-state index < -0.39 is 11.9 Å². The molecule has 0 aromatic carbocycles. The number of carbonyl (C=O) groups excluding carboxylic acids is 2. The fraction of sp³-hybridized carbons (Fsp3) is 0.500. The van der Waals surface area contributed by atoms with Gasteiger partial charge in [0.2, 0.25) is 5.91 Å². The molecule has 0 saturated heterocycles. The maximum Gasteiger partial charge on any atom is 0.262 e. The predicted molar refractivity (Wildman–Crippen MR) is 70.8 cm³/mol. The molecule has 1 aromatic rings. The smallest absolute Gasteiger partial charge is 0.262 e. The van der Waals surface area contributed by atoms with Gasteiger partial charge in [0.25, 0.3) is 5.91 Å².